The third-order valence-corrected chi connectivity index (χ3v) is 5.37. The number of ether oxygens (including phenoxy) is 3. The van der Waals surface area contributed by atoms with E-state index in [9.17, 15) is 14.7 Å². The van der Waals surface area contributed by atoms with Crippen LogP contribution in [-0.2, 0) is 19.1 Å². The predicted octanol–water partition coefficient (Wildman–Crippen LogP) is 2.99. The van der Waals surface area contributed by atoms with Crippen molar-refractivity contribution in [3.63, 3.8) is 0 Å². The van der Waals surface area contributed by atoms with Crippen molar-refractivity contribution in [1.29, 1.82) is 0 Å². The molecule has 2 aromatic heterocycles. The van der Waals surface area contributed by atoms with Crippen LogP contribution in [0.1, 0.15) is 20.8 Å². The maximum absolute atomic E-state index is 12.1. The van der Waals surface area contributed by atoms with E-state index in [1.165, 1.54) is 11.3 Å². The number of hydrogen-bond acceptors (Lipinski definition) is 10. The van der Waals surface area contributed by atoms with Gasteiger partial charge in [0.25, 0.3) is 0 Å². The largest absolute Gasteiger partial charge is 0.490 e. The predicted molar refractivity (Wildman–Crippen MR) is 116 cm³/mol. The average molecular weight is 458 g/mol. The maximum Gasteiger partial charge on any atom is 0.349 e. The lowest BCUT2D eigenvalue weighted by Crippen LogP contribution is -2.66. The maximum atomic E-state index is 12.1. The molecule has 0 saturated carbocycles. The van der Waals surface area contributed by atoms with Gasteiger partial charge in [0.15, 0.2) is 11.7 Å². The molecule has 10 heteroatoms. The molecule has 1 aliphatic heterocycles. The molecule has 0 bridgehead atoms. The van der Waals surface area contributed by atoms with Gasteiger partial charge >= 0.3 is 17.8 Å². The van der Waals surface area contributed by atoms with Crippen LogP contribution in [0.4, 0.5) is 0 Å². The molecule has 0 amide bonds. The number of nitrogens with zero attached hydrogens (tertiary/aromatic N) is 1. The van der Waals surface area contributed by atoms with Crippen molar-refractivity contribution in [3.8, 4) is 17.0 Å². The number of carbonyl (C=O) groups excluding carboxylic acids is 2. The summed E-state index contributed by atoms with van der Waals surface area (Å²) in [6.45, 7) is 4.96. The third kappa shape index (κ3) is 4.52. The van der Waals surface area contributed by atoms with E-state index in [1.807, 2.05) is 23.6 Å². The van der Waals surface area contributed by atoms with Crippen molar-refractivity contribution in [3.05, 3.63) is 47.9 Å². The first-order chi connectivity index (χ1) is 15.2. The molecular formula is C22H22N2O7S. The Hall–Kier alpha value is -3.21. The first-order valence-electron chi connectivity index (χ1n) is 9.83. The highest BCUT2D eigenvalue weighted by Gasteiger charge is 2.49. The van der Waals surface area contributed by atoms with Crippen molar-refractivity contribution in [2.45, 2.75) is 38.3 Å². The number of cyclic esters (lactones) is 2. The van der Waals surface area contributed by atoms with Crippen LogP contribution in [0.15, 0.2) is 52.4 Å². The van der Waals surface area contributed by atoms with Gasteiger partial charge in [0.2, 0.25) is 0 Å². The number of benzene rings is 1. The topological polar surface area (TPSA) is 120 Å². The summed E-state index contributed by atoms with van der Waals surface area (Å²) in [5.41, 5.74) is 1.25. The number of esters is 2. The second-order valence-electron chi connectivity index (χ2n) is 8.19. The molecule has 0 spiro atoms. The summed E-state index contributed by atoms with van der Waals surface area (Å²) in [7, 11) is 0. The fraction of sp³-hybridized carbons (Fsp3) is 0.318. The van der Waals surface area contributed by atoms with E-state index in [-0.39, 0.29) is 6.61 Å². The van der Waals surface area contributed by atoms with Crippen LogP contribution < -0.4 is 10.1 Å². The van der Waals surface area contributed by atoms with Crippen LogP contribution >= 0.6 is 11.3 Å². The molecule has 1 aliphatic rings. The van der Waals surface area contributed by atoms with E-state index in [0.29, 0.717) is 22.6 Å². The average Bonchev–Trinajstić information content (AvgIpc) is 3.30. The normalized spacial score (nSPS) is 17.0. The Balaban J connectivity index is 1.61. The third-order valence-electron chi connectivity index (χ3n) is 4.47. The number of para-hydroxylation sites is 1. The van der Waals surface area contributed by atoms with Crippen LogP contribution in [0.5, 0.6) is 5.75 Å². The van der Waals surface area contributed by atoms with Gasteiger partial charge < -0.3 is 23.8 Å². The zero-order valence-corrected chi connectivity index (χ0v) is 18.5. The number of rotatable bonds is 6. The van der Waals surface area contributed by atoms with Crippen LogP contribution in [0.3, 0.4) is 0 Å². The molecule has 9 nitrogen and oxygen atoms in total. The van der Waals surface area contributed by atoms with E-state index in [1.54, 1.807) is 32.9 Å². The molecule has 1 unspecified atom stereocenters. The van der Waals surface area contributed by atoms with Gasteiger partial charge in [-0.05, 0) is 44.4 Å². The van der Waals surface area contributed by atoms with Gasteiger partial charge in [-0.3, -0.25) is 0 Å². The SMILES string of the molecule is CC(C)(C)NC1(C(O)COc2ccccc2-c2noc3ccsc23)OC(=O)C=CC(=O)O1. The van der Waals surface area contributed by atoms with E-state index in [4.69, 9.17) is 18.7 Å². The highest BCUT2D eigenvalue weighted by Crippen LogP contribution is 2.37. The van der Waals surface area contributed by atoms with E-state index in [2.05, 4.69) is 10.5 Å². The minimum atomic E-state index is -2.14. The fourth-order valence-electron chi connectivity index (χ4n) is 3.23. The lowest BCUT2D eigenvalue weighted by molar-refractivity contribution is -0.278. The molecule has 1 atom stereocenters. The fourth-order valence-corrected chi connectivity index (χ4v) is 4.04. The summed E-state index contributed by atoms with van der Waals surface area (Å²) in [6, 6.07) is 8.96. The Bertz CT molecular complexity index is 1150. The summed E-state index contributed by atoms with van der Waals surface area (Å²) in [5.74, 6) is -3.39. The molecule has 0 radical (unpaired) electrons. The molecule has 2 N–H and O–H groups in total. The van der Waals surface area contributed by atoms with Crippen molar-refractivity contribution < 1.29 is 33.4 Å². The number of nitrogens with one attached hydrogen (secondary N) is 1. The van der Waals surface area contributed by atoms with Crippen LogP contribution in [0, 0.1) is 0 Å². The molecule has 1 aromatic carbocycles. The number of aliphatic hydroxyl groups is 1. The summed E-state index contributed by atoms with van der Waals surface area (Å²) in [5, 5.41) is 19.9. The van der Waals surface area contributed by atoms with Crippen LogP contribution in [0.25, 0.3) is 21.5 Å². The number of aliphatic hydroxyl groups excluding tert-OH is 1. The zero-order chi connectivity index (χ0) is 22.9. The molecule has 0 aliphatic carbocycles. The molecule has 168 valence electrons. The van der Waals surface area contributed by atoms with Gasteiger partial charge in [-0.15, -0.1) is 11.3 Å². The second-order valence-corrected chi connectivity index (χ2v) is 9.10. The molecule has 3 aromatic rings. The highest BCUT2D eigenvalue weighted by molar-refractivity contribution is 7.17. The monoisotopic (exact) mass is 458 g/mol. The lowest BCUT2D eigenvalue weighted by atomic mass is 10.1. The number of carbonyl (C=O) groups is 2. The second kappa shape index (κ2) is 8.38. The van der Waals surface area contributed by atoms with Gasteiger partial charge in [0.05, 0.1) is 0 Å². The standard InChI is InChI=1S/C22H22N2O7S/c1-21(2,3)24-22(29-17(26)8-9-18(27)30-22)16(25)12-28-14-7-5-4-6-13(14)19-20-15(31-23-19)10-11-32-20/h4-11,16,24-25H,12H2,1-3H3. The van der Waals surface area contributed by atoms with E-state index < -0.39 is 29.5 Å². The minimum Gasteiger partial charge on any atom is -0.490 e. The van der Waals surface area contributed by atoms with E-state index >= 15 is 0 Å². The number of aromatic nitrogens is 1. The highest BCUT2D eigenvalue weighted by atomic mass is 32.1. The quantitative estimate of drug-likeness (QED) is 0.537. The Kier molecular flexibility index (Phi) is 5.76. The summed E-state index contributed by atoms with van der Waals surface area (Å²) in [4.78, 5) is 24.1. The van der Waals surface area contributed by atoms with Gasteiger partial charge in [-0.2, -0.15) is 0 Å². The number of hydrogen-bond donors (Lipinski definition) is 2. The minimum absolute atomic E-state index is 0.355. The molecule has 0 fully saturated rings. The van der Waals surface area contributed by atoms with Gasteiger partial charge in [-0.25, -0.2) is 14.9 Å². The smallest absolute Gasteiger partial charge is 0.349 e. The molecule has 3 heterocycles. The Morgan fingerprint density at radius 3 is 2.53 bits per heavy atom. The van der Waals surface area contributed by atoms with Crippen molar-refractivity contribution in [2.24, 2.45) is 0 Å². The first-order valence-corrected chi connectivity index (χ1v) is 10.7. The van der Waals surface area contributed by atoms with Crippen molar-refractivity contribution in [1.82, 2.24) is 10.5 Å². The summed E-state index contributed by atoms with van der Waals surface area (Å²) < 4.78 is 22.7. The van der Waals surface area contributed by atoms with E-state index in [0.717, 1.165) is 16.9 Å². The first kappa shape index (κ1) is 22.0. The molecular weight excluding hydrogens is 436 g/mol. The Morgan fingerprint density at radius 2 is 1.84 bits per heavy atom. The zero-order valence-electron chi connectivity index (χ0n) is 17.7. The Morgan fingerprint density at radius 1 is 1.16 bits per heavy atom. The molecule has 4 rings (SSSR count). The molecule has 0 saturated heterocycles. The lowest BCUT2D eigenvalue weighted by Gasteiger charge is -2.39. The van der Waals surface area contributed by atoms with Crippen LogP contribution in [-0.4, -0.2) is 46.4 Å². The summed E-state index contributed by atoms with van der Waals surface area (Å²) in [6.07, 6.45) is 0.323. The van der Waals surface area contributed by atoms with Gasteiger partial charge in [0.1, 0.15) is 22.8 Å². The number of fused-ring (bicyclic) bond motifs is 1. The summed E-state index contributed by atoms with van der Waals surface area (Å²) >= 11 is 1.49. The Labute approximate surface area is 187 Å². The molecule has 32 heavy (non-hydrogen) atoms. The van der Waals surface area contributed by atoms with Crippen LogP contribution in [0.2, 0.25) is 0 Å². The van der Waals surface area contributed by atoms with Gasteiger partial charge in [-0.1, -0.05) is 17.3 Å². The van der Waals surface area contributed by atoms with Crippen molar-refractivity contribution >= 4 is 33.6 Å². The van der Waals surface area contributed by atoms with Crippen molar-refractivity contribution in [2.75, 3.05) is 6.61 Å². The number of thiophene rings is 1. The van der Waals surface area contributed by atoms with Gasteiger partial charge in [0, 0.05) is 23.3 Å².